The van der Waals surface area contributed by atoms with Crippen LogP contribution in [0.25, 0.3) is 5.65 Å². The van der Waals surface area contributed by atoms with Crippen molar-refractivity contribution < 1.29 is 0 Å². The third kappa shape index (κ3) is 2.34. The fourth-order valence-corrected chi connectivity index (χ4v) is 2.35. The molecule has 0 aliphatic rings. The average molecular weight is 231 g/mol. The van der Waals surface area contributed by atoms with Crippen molar-refractivity contribution in [2.24, 2.45) is 11.7 Å². The summed E-state index contributed by atoms with van der Waals surface area (Å²) in [5, 5.41) is 0. The van der Waals surface area contributed by atoms with E-state index in [1.54, 1.807) is 0 Å². The van der Waals surface area contributed by atoms with E-state index < -0.39 is 0 Å². The molecular formula is C14H21N3. The summed E-state index contributed by atoms with van der Waals surface area (Å²) in [6, 6.07) is 4.26. The van der Waals surface area contributed by atoms with Gasteiger partial charge in [-0.2, -0.15) is 0 Å². The molecule has 17 heavy (non-hydrogen) atoms. The van der Waals surface area contributed by atoms with Gasteiger partial charge in [0.2, 0.25) is 0 Å². The molecule has 2 heterocycles. The lowest BCUT2D eigenvalue weighted by molar-refractivity contribution is 0.498. The van der Waals surface area contributed by atoms with Crippen LogP contribution < -0.4 is 5.73 Å². The van der Waals surface area contributed by atoms with Crippen molar-refractivity contribution in [1.29, 1.82) is 0 Å². The zero-order chi connectivity index (χ0) is 12.6. The second-order valence-electron chi connectivity index (χ2n) is 5.25. The monoisotopic (exact) mass is 231 g/mol. The van der Waals surface area contributed by atoms with E-state index in [0.717, 1.165) is 23.5 Å². The summed E-state index contributed by atoms with van der Waals surface area (Å²) in [6.45, 7) is 8.51. The molecule has 0 spiro atoms. The van der Waals surface area contributed by atoms with Crippen LogP contribution in [0.5, 0.6) is 0 Å². The van der Waals surface area contributed by atoms with Crippen LogP contribution in [-0.4, -0.2) is 9.38 Å². The van der Waals surface area contributed by atoms with Crippen LogP contribution in [0.3, 0.4) is 0 Å². The Kier molecular flexibility index (Phi) is 3.20. The zero-order valence-corrected chi connectivity index (χ0v) is 11.1. The number of imidazole rings is 1. The Hall–Kier alpha value is -1.35. The van der Waals surface area contributed by atoms with Crippen molar-refractivity contribution in [3.8, 4) is 0 Å². The largest absolute Gasteiger partial charge is 0.323 e. The fraction of sp³-hybridized carbons (Fsp3) is 0.500. The smallest absolute Gasteiger partial charge is 0.137 e. The second kappa shape index (κ2) is 4.49. The Balaban J connectivity index is 2.49. The van der Waals surface area contributed by atoms with Gasteiger partial charge in [-0.1, -0.05) is 13.8 Å². The highest BCUT2D eigenvalue weighted by Crippen LogP contribution is 2.23. The number of aromatic nitrogens is 2. The summed E-state index contributed by atoms with van der Waals surface area (Å²) in [4.78, 5) is 4.59. The number of nitrogens with zero attached hydrogens (tertiary/aromatic N) is 2. The maximum absolute atomic E-state index is 6.28. The number of hydrogen-bond donors (Lipinski definition) is 1. The van der Waals surface area contributed by atoms with E-state index in [1.807, 2.05) is 6.92 Å². The van der Waals surface area contributed by atoms with E-state index in [9.17, 15) is 0 Å². The van der Waals surface area contributed by atoms with E-state index >= 15 is 0 Å². The molecule has 0 bridgehead atoms. The predicted octanol–water partition coefficient (Wildman–Crippen LogP) is 3.00. The van der Waals surface area contributed by atoms with E-state index in [1.165, 1.54) is 5.56 Å². The molecule has 2 rings (SSSR count). The van der Waals surface area contributed by atoms with Gasteiger partial charge in [0.1, 0.15) is 5.65 Å². The van der Waals surface area contributed by atoms with Crippen molar-refractivity contribution in [1.82, 2.24) is 9.38 Å². The maximum Gasteiger partial charge on any atom is 0.137 e. The Morgan fingerprint density at radius 1 is 1.35 bits per heavy atom. The quantitative estimate of drug-likeness (QED) is 0.882. The highest BCUT2D eigenvalue weighted by molar-refractivity contribution is 5.46. The van der Waals surface area contributed by atoms with Crippen LogP contribution in [0.1, 0.15) is 43.3 Å². The first-order valence-electron chi connectivity index (χ1n) is 6.20. The molecular weight excluding hydrogens is 210 g/mol. The Bertz CT molecular complexity index is 525. The molecule has 0 saturated heterocycles. The van der Waals surface area contributed by atoms with E-state index in [4.69, 9.17) is 5.73 Å². The maximum atomic E-state index is 6.28. The van der Waals surface area contributed by atoms with Crippen LogP contribution in [0.4, 0.5) is 0 Å². The van der Waals surface area contributed by atoms with Crippen LogP contribution in [0.15, 0.2) is 18.3 Å². The summed E-state index contributed by atoms with van der Waals surface area (Å²) < 4.78 is 2.12. The molecule has 2 N–H and O–H groups in total. The molecule has 0 aliphatic carbocycles. The highest BCUT2D eigenvalue weighted by Gasteiger charge is 2.16. The van der Waals surface area contributed by atoms with Gasteiger partial charge in [-0.05, 0) is 43.9 Å². The molecule has 1 unspecified atom stereocenters. The van der Waals surface area contributed by atoms with Crippen molar-refractivity contribution in [3.63, 3.8) is 0 Å². The number of aryl methyl sites for hydroxylation is 2. The molecule has 2 aromatic rings. The molecule has 0 saturated carbocycles. The van der Waals surface area contributed by atoms with Crippen molar-refractivity contribution >= 4 is 5.65 Å². The number of nitrogens with two attached hydrogens (primary N) is 1. The lowest BCUT2D eigenvalue weighted by atomic mass is 10.0. The fourth-order valence-electron chi connectivity index (χ4n) is 2.35. The molecule has 0 fully saturated rings. The molecule has 0 radical (unpaired) electrons. The molecule has 0 amide bonds. The molecule has 2 aromatic heterocycles. The molecule has 3 nitrogen and oxygen atoms in total. The van der Waals surface area contributed by atoms with Crippen LogP contribution >= 0.6 is 0 Å². The summed E-state index contributed by atoms with van der Waals surface area (Å²) >= 11 is 0. The van der Waals surface area contributed by atoms with Gasteiger partial charge >= 0.3 is 0 Å². The first kappa shape index (κ1) is 12.1. The topological polar surface area (TPSA) is 43.3 Å². The van der Waals surface area contributed by atoms with E-state index in [-0.39, 0.29) is 6.04 Å². The van der Waals surface area contributed by atoms with Crippen LogP contribution in [0.2, 0.25) is 0 Å². The number of fused-ring (bicyclic) bond motifs is 1. The van der Waals surface area contributed by atoms with Gasteiger partial charge in [-0.25, -0.2) is 4.98 Å². The van der Waals surface area contributed by atoms with Gasteiger partial charge in [0.05, 0.1) is 11.4 Å². The van der Waals surface area contributed by atoms with Gasteiger partial charge < -0.3 is 10.1 Å². The first-order valence-corrected chi connectivity index (χ1v) is 6.20. The molecule has 0 aromatic carbocycles. The standard InChI is InChI=1S/C14H21N3/c1-9(2)7-12(15)14-11(4)16-13-8-10(3)5-6-17(13)14/h5-6,8-9,12H,7,15H2,1-4H3. The van der Waals surface area contributed by atoms with Crippen LogP contribution in [0, 0.1) is 19.8 Å². The van der Waals surface area contributed by atoms with Crippen molar-refractivity contribution in [3.05, 3.63) is 35.3 Å². The molecule has 3 heteroatoms. The molecule has 1 atom stereocenters. The normalized spacial score (nSPS) is 13.5. The third-order valence-corrected chi connectivity index (χ3v) is 3.08. The summed E-state index contributed by atoms with van der Waals surface area (Å²) in [7, 11) is 0. The van der Waals surface area contributed by atoms with Gasteiger partial charge in [0.25, 0.3) is 0 Å². The van der Waals surface area contributed by atoms with Gasteiger partial charge in [0, 0.05) is 12.2 Å². The summed E-state index contributed by atoms with van der Waals surface area (Å²) in [6.07, 6.45) is 3.06. The van der Waals surface area contributed by atoms with Crippen molar-refractivity contribution in [2.75, 3.05) is 0 Å². The molecule has 92 valence electrons. The Labute approximate surface area is 103 Å². The summed E-state index contributed by atoms with van der Waals surface area (Å²) in [5.74, 6) is 0.598. The van der Waals surface area contributed by atoms with E-state index in [2.05, 4.69) is 48.5 Å². The van der Waals surface area contributed by atoms with Gasteiger partial charge in [-0.3, -0.25) is 0 Å². The number of hydrogen-bond acceptors (Lipinski definition) is 2. The van der Waals surface area contributed by atoms with Gasteiger partial charge in [0.15, 0.2) is 0 Å². The minimum atomic E-state index is 0.0627. The summed E-state index contributed by atoms with van der Waals surface area (Å²) in [5.41, 5.74) is 10.7. The second-order valence-corrected chi connectivity index (χ2v) is 5.25. The predicted molar refractivity (Wildman–Crippen MR) is 71.0 cm³/mol. The number of pyridine rings is 1. The zero-order valence-electron chi connectivity index (χ0n) is 11.1. The van der Waals surface area contributed by atoms with Crippen LogP contribution in [-0.2, 0) is 0 Å². The first-order chi connectivity index (χ1) is 7.99. The third-order valence-electron chi connectivity index (χ3n) is 3.08. The minimum Gasteiger partial charge on any atom is -0.323 e. The molecule has 0 aliphatic heterocycles. The number of rotatable bonds is 3. The highest BCUT2D eigenvalue weighted by atomic mass is 15.0. The van der Waals surface area contributed by atoms with E-state index in [0.29, 0.717) is 5.92 Å². The van der Waals surface area contributed by atoms with Crippen molar-refractivity contribution in [2.45, 2.75) is 40.2 Å². The Morgan fingerprint density at radius 3 is 2.71 bits per heavy atom. The lowest BCUT2D eigenvalue weighted by Crippen LogP contribution is -2.16. The lowest BCUT2D eigenvalue weighted by Gasteiger charge is -2.15. The SMILES string of the molecule is Cc1ccn2c(C(N)CC(C)C)c(C)nc2c1. The van der Waals surface area contributed by atoms with Gasteiger partial charge in [-0.15, -0.1) is 0 Å². The Morgan fingerprint density at radius 2 is 2.06 bits per heavy atom. The minimum absolute atomic E-state index is 0.0627. The average Bonchev–Trinajstić information content (AvgIpc) is 2.51.